The summed E-state index contributed by atoms with van der Waals surface area (Å²) in [6, 6.07) is 16.5. The highest BCUT2D eigenvalue weighted by Gasteiger charge is 2.31. The number of hydrogen-bond donors (Lipinski definition) is 1. The number of fused-ring (bicyclic) bond motifs is 1. The number of carbonyl (C=O) groups excluding carboxylic acids is 2. The molecule has 0 aliphatic carbocycles. The minimum atomic E-state index is -0.319. The highest BCUT2D eigenvalue weighted by atomic mass is 32.2. The topological polar surface area (TPSA) is 55.4 Å². The fraction of sp³-hybridized carbons (Fsp3) is 0.300. The molecular weight excluding hydrogens is 334 g/mol. The molecule has 0 bridgehead atoms. The molecule has 4 nitrogen and oxygen atoms in total. The van der Waals surface area contributed by atoms with Crippen molar-refractivity contribution in [3.63, 3.8) is 0 Å². The predicted octanol–water partition coefficient (Wildman–Crippen LogP) is 3.52. The van der Waals surface area contributed by atoms with Gasteiger partial charge in [0, 0.05) is 6.42 Å². The van der Waals surface area contributed by atoms with Crippen LogP contribution in [0.2, 0.25) is 0 Å². The van der Waals surface area contributed by atoms with Gasteiger partial charge in [-0.2, -0.15) is 0 Å². The number of carbonyl (C=O) groups is 2. The number of aryl methyl sites for hydroxylation is 1. The minimum absolute atomic E-state index is 0.188. The first-order valence-corrected chi connectivity index (χ1v) is 9.39. The molecule has 2 aromatic rings. The summed E-state index contributed by atoms with van der Waals surface area (Å²) in [5.41, 5.74) is 3.56. The van der Waals surface area contributed by atoms with Gasteiger partial charge in [-0.05, 0) is 42.0 Å². The van der Waals surface area contributed by atoms with E-state index in [1.807, 2.05) is 18.2 Å². The number of imide groups is 1. The Labute approximate surface area is 151 Å². The van der Waals surface area contributed by atoms with Crippen molar-refractivity contribution in [2.45, 2.75) is 37.0 Å². The Morgan fingerprint density at radius 2 is 1.88 bits per heavy atom. The fourth-order valence-corrected chi connectivity index (χ4v) is 4.25. The quantitative estimate of drug-likeness (QED) is 0.914. The summed E-state index contributed by atoms with van der Waals surface area (Å²) in [5, 5.41) is 1.77. The van der Waals surface area contributed by atoms with E-state index in [9.17, 15) is 9.59 Å². The lowest BCUT2D eigenvalue weighted by Gasteiger charge is -2.27. The van der Waals surface area contributed by atoms with Gasteiger partial charge in [0.25, 0.3) is 5.24 Å². The van der Waals surface area contributed by atoms with E-state index in [4.69, 9.17) is 4.74 Å². The van der Waals surface area contributed by atoms with Crippen molar-refractivity contribution in [3.8, 4) is 5.75 Å². The SMILES string of the molecule is O=C1NC(=O)C(Cc2ccc3c(c2)CC[C@H](Cc2ccccc2)O3)S1. The maximum absolute atomic E-state index is 11.7. The number of thioether (sulfide) groups is 1. The molecule has 2 atom stereocenters. The molecular formula is C20H19NO3S. The van der Waals surface area contributed by atoms with Gasteiger partial charge in [-0.3, -0.25) is 14.9 Å². The number of hydrogen-bond acceptors (Lipinski definition) is 4. The lowest BCUT2D eigenvalue weighted by molar-refractivity contribution is -0.118. The van der Waals surface area contributed by atoms with E-state index >= 15 is 0 Å². The zero-order valence-corrected chi connectivity index (χ0v) is 14.6. The molecule has 2 amide bonds. The van der Waals surface area contributed by atoms with Crippen molar-refractivity contribution < 1.29 is 14.3 Å². The predicted molar refractivity (Wildman–Crippen MR) is 97.9 cm³/mol. The Balaban J connectivity index is 1.42. The zero-order chi connectivity index (χ0) is 17.2. The summed E-state index contributed by atoms with van der Waals surface area (Å²) in [5.74, 6) is 0.752. The Hall–Kier alpha value is -2.27. The van der Waals surface area contributed by atoms with Crippen molar-refractivity contribution in [2.75, 3.05) is 0 Å². The van der Waals surface area contributed by atoms with Crippen LogP contribution in [-0.2, 0) is 24.1 Å². The lowest BCUT2D eigenvalue weighted by Crippen LogP contribution is -2.26. The van der Waals surface area contributed by atoms with E-state index in [1.165, 1.54) is 11.1 Å². The van der Waals surface area contributed by atoms with Crippen LogP contribution in [0.1, 0.15) is 23.1 Å². The van der Waals surface area contributed by atoms with Gasteiger partial charge in [0.2, 0.25) is 5.91 Å². The van der Waals surface area contributed by atoms with E-state index in [0.717, 1.165) is 42.3 Å². The van der Waals surface area contributed by atoms with Gasteiger partial charge in [-0.25, -0.2) is 0 Å². The summed E-state index contributed by atoms with van der Waals surface area (Å²) in [6.45, 7) is 0. The highest BCUT2D eigenvalue weighted by molar-refractivity contribution is 8.15. The summed E-state index contributed by atoms with van der Waals surface area (Å²) in [7, 11) is 0. The summed E-state index contributed by atoms with van der Waals surface area (Å²) in [4.78, 5) is 23.0. The van der Waals surface area contributed by atoms with Gasteiger partial charge in [-0.1, -0.05) is 54.2 Å². The van der Waals surface area contributed by atoms with Crippen LogP contribution in [0.3, 0.4) is 0 Å². The second-order valence-electron chi connectivity index (χ2n) is 6.50. The Bertz CT molecular complexity index is 806. The molecule has 4 rings (SSSR count). The number of benzene rings is 2. The van der Waals surface area contributed by atoms with Gasteiger partial charge in [0.05, 0.1) is 5.25 Å². The van der Waals surface area contributed by atoms with Gasteiger partial charge in [-0.15, -0.1) is 0 Å². The second kappa shape index (κ2) is 6.92. The number of rotatable bonds is 4. The van der Waals surface area contributed by atoms with E-state index in [0.29, 0.717) is 6.42 Å². The van der Waals surface area contributed by atoms with Gasteiger partial charge < -0.3 is 4.74 Å². The molecule has 0 saturated carbocycles. The maximum atomic E-state index is 11.7. The standard InChI is InChI=1S/C20H19NO3S/c22-19-18(25-20(23)21-19)12-14-6-9-17-15(10-14)7-8-16(24-17)11-13-4-2-1-3-5-13/h1-6,9-10,16,18H,7-8,11-12H2,(H,21,22,23)/t16-,18?/m1/s1. The Kier molecular flexibility index (Phi) is 4.49. The average molecular weight is 353 g/mol. The van der Waals surface area contributed by atoms with Crippen molar-refractivity contribution in [3.05, 3.63) is 65.2 Å². The Morgan fingerprint density at radius 1 is 1.04 bits per heavy atom. The third-order valence-electron chi connectivity index (χ3n) is 4.65. The minimum Gasteiger partial charge on any atom is -0.490 e. The maximum Gasteiger partial charge on any atom is 0.286 e. The van der Waals surface area contributed by atoms with E-state index in [2.05, 4.69) is 35.6 Å². The van der Waals surface area contributed by atoms with Crippen LogP contribution in [0.5, 0.6) is 5.75 Å². The van der Waals surface area contributed by atoms with Crippen molar-refractivity contribution >= 4 is 22.9 Å². The number of nitrogens with one attached hydrogen (secondary N) is 1. The molecule has 1 fully saturated rings. The third kappa shape index (κ3) is 3.71. The molecule has 1 N–H and O–H groups in total. The lowest BCUT2D eigenvalue weighted by atomic mass is 9.95. The first-order valence-electron chi connectivity index (χ1n) is 8.51. The van der Waals surface area contributed by atoms with Crippen LogP contribution in [0.4, 0.5) is 4.79 Å². The van der Waals surface area contributed by atoms with Crippen LogP contribution in [-0.4, -0.2) is 22.5 Å². The van der Waals surface area contributed by atoms with Crippen LogP contribution < -0.4 is 10.1 Å². The molecule has 1 unspecified atom stereocenters. The summed E-state index contributed by atoms with van der Waals surface area (Å²) < 4.78 is 6.16. The third-order valence-corrected chi connectivity index (χ3v) is 5.63. The van der Waals surface area contributed by atoms with Crippen molar-refractivity contribution in [2.24, 2.45) is 0 Å². The second-order valence-corrected chi connectivity index (χ2v) is 7.67. The highest BCUT2D eigenvalue weighted by Crippen LogP contribution is 2.31. The molecule has 2 aliphatic rings. The fourth-order valence-electron chi connectivity index (χ4n) is 3.39. The van der Waals surface area contributed by atoms with E-state index in [1.54, 1.807) is 0 Å². The first kappa shape index (κ1) is 16.2. The van der Waals surface area contributed by atoms with Crippen LogP contribution in [0, 0.1) is 0 Å². The molecule has 0 aromatic heterocycles. The molecule has 128 valence electrons. The number of amides is 2. The van der Waals surface area contributed by atoms with E-state index < -0.39 is 0 Å². The molecule has 2 aromatic carbocycles. The summed E-state index contributed by atoms with van der Waals surface area (Å²) in [6.07, 6.45) is 3.66. The van der Waals surface area contributed by atoms with Crippen molar-refractivity contribution in [1.29, 1.82) is 0 Å². The molecule has 2 heterocycles. The molecule has 0 spiro atoms. The molecule has 0 radical (unpaired) electrons. The van der Waals surface area contributed by atoms with Crippen LogP contribution >= 0.6 is 11.8 Å². The normalized spacial score (nSPS) is 22.2. The van der Waals surface area contributed by atoms with Gasteiger partial charge in [0.15, 0.2) is 0 Å². The monoisotopic (exact) mass is 353 g/mol. The van der Waals surface area contributed by atoms with Crippen LogP contribution in [0.25, 0.3) is 0 Å². The molecule has 1 saturated heterocycles. The van der Waals surface area contributed by atoms with E-state index in [-0.39, 0.29) is 22.5 Å². The average Bonchev–Trinajstić information content (AvgIpc) is 2.93. The number of ether oxygens (including phenoxy) is 1. The van der Waals surface area contributed by atoms with Crippen LogP contribution in [0.15, 0.2) is 48.5 Å². The van der Waals surface area contributed by atoms with Gasteiger partial charge >= 0.3 is 0 Å². The smallest absolute Gasteiger partial charge is 0.286 e. The Morgan fingerprint density at radius 3 is 2.64 bits per heavy atom. The molecule has 25 heavy (non-hydrogen) atoms. The van der Waals surface area contributed by atoms with Crippen molar-refractivity contribution in [1.82, 2.24) is 5.32 Å². The molecule has 2 aliphatic heterocycles. The molecule has 5 heteroatoms. The zero-order valence-electron chi connectivity index (χ0n) is 13.7. The summed E-state index contributed by atoms with van der Waals surface area (Å²) >= 11 is 1.08. The first-order chi connectivity index (χ1) is 12.2. The largest absolute Gasteiger partial charge is 0.490 e. The van der Waals surface area contributed by atoms with Gasteiger partial charge in [0.1, 0.15) is 11.9 Å².